The predicted octanol–water partition coefficient (Wildman–Crippen LogP) is 6.01. The molecule has 0 aliphatic carbocycles. The second-order valence-electron chi connectivity index (χ2n) is 6.96. The van der Waals surface area contributed by atoms with Gasteiger partial charge in [0.15, 0.2) is 11.4 Å². The topological polar surface area (TPSA) is 60.4 Å². The molecule has 2 heterocycles. The minimum Gasteiger partial charge on any atom is -0.459 e. The molecule has 146 valence electrons. The van der Waals surface area contributed by atoms with Crippen molar-refractivity contribution in [2.75, 3.05) is 0 Å². The molecule has 5 rings (SSSR count). The maximum atomic E-state index is 13.5. The molecule has 0 aliphatic heterocycles. The van der Waals surface area contributed by atoms with Crippen LogP contribution in [0.15, 0.2) is 92.5 Å². The van der Waals surface area contributed by atoms with Crippen molar-refractivity contribution in [2.24, 2.45) is 0 Å². The van der Waals surface area contributed by atoms with Crippen molar-refractivity contribution in [3.05, 3.63) is 117 Å². The number of fused-ring (bicyclic) bond motifs is 3. The van der Waals surface area contributed by atoms with Crippen LogP contribution in [0.3, 0.4) is 0 Å². The molecule has 0 saturated carbocycles. The monoisotopic (exact) mass is 414 g/mol. The van der Waals surface area contributed by atoms with Crippen molar-refractivity contribution in [3.63, 3.8) is 0 Å². The molecule has 0 aliphatic rings. The Balaban J connectivity index is 1.83. The summed E-state index contributed by atoms with van der Waals surface area (Å²) in [6.45, 7) is 0. The molecular weight excluding hydrogens is 400 g/mol. The third-order valence-corrected chi connectivity index (χ3v) is 5.40. The summed E-state index contributed by atoms with van der Waals surface area (Å²) in [5, 5.41) is 1.09. The average molecular weight is 415 g/mol. The first-order valence-corrected chi connectivity index (χ1v) is 9.81. The number of hydrogen-bond acceptors (Lipinski definition) is 4. The molecule has 0 unspecified atom stereocenters. The maximum absolute atomic E-state index is 13.5. The Bertz CT molecular complexity index is 1460. The number of para-hydroxylation sites is 1. The first kappa shape index (κ1) is 18.4. The van der Waals surface area contributed by atoms with Gasteiger partial charge in [-0.05, 0) is 29.8 Å². The van der Waals surface area contributed by atoms with E-state index in [2.05, 4.69) is 0 Å². The van der Waals surface area contributed by atoms with E-state index < -0.39 is 5.63 Å². The minimum absolute atomic E-state index is 0.143. The van der Waals surface area contributed by atoms with Crippen LogP contribution in [0.4, 0.5) is 0 Å². The molecule has 0 spiro atoms. The molecule has 4 nitrogen and oxygen atoms in total. The Morgan fingerprint density at radius 3 is 2.33 bits per heavy atom. The van der Waals surface area contributed by atoms with Crippen LogP contribution in [0.1, 0.15) is 27.2 Å². The highest BCUT2D eigenvalue weighted by Gasteiger charge is 2.27. The SMILES string of the molecule is O=C(c1ccccc1Cl)c1c(Cc2ccccc2)oc2c1c(=O)oc1ccccc12. The van der Waals surface area contributed by atoms with Gasteiger partial charge in [-0.25, -0.2) is 4.79 Å². The van der Waals surface area contributed by atoms with Crippen molar-refractivity contribution < 1.29 is 13.6 Å². The van der Waals surface area contributed by atoms with E-state index in [1.807, 2.05) is 36.4 Å². The van der Waals surface area contributed by atoms with Gasteiger partial charge in [-0.1, -0.05) is 66.2 Å². The largest absolute Gasteiger partial charge is 0.459 e. The Labute approximate surface area is 176 Å². The molecule has 0 fully saturated rings. The Morgan fingerprint density at radius 2 is 1.53 bits per heavy atom. The smallest absolute Gasteiger partial charge is 0.348 e. The van der Waals surface area contributed by atoms with Gasteiger partial charge in [0.1, 0.15) is 16.7 Å². The van der Waals surface area contributed by atoms with Gasteiger partial charge in [0, 0.05) is 12.0 Å². The zero-order valence-electron chi connectivity index (χ0n) is 15.7. The number of rotatable bonds is 4. The fourth-order valence-corrected chi connectivity index (χ4v) is 3.90. The van der Waals surface area contributed by atoms with E-state index in [0.29, 0.717) is 39.3 Å². The highest BCUT2D eigenvalue weighted by molar-refractivity contribution is 6.35. The van der Waals surface area contributed by atoms with Crippen molar-refractivity contribution in [1.82, 2.24) is 0 Å². The van der Waals surface area contributed by atoms with Gasteiger partial charge < -0.3 is 8.83 Å². The molecule has 0 bridgehead atoms. The zero-order chi connectivity index (χ0) is 20.7. The van der Waals surface area contributed by atoms with Crippen LogP contribution < -0.4 is 5.63 Å². The van der Waals surface area contributed by atoms with Crippen LogP contribution in [0.5, 0.6) is 0 Å². The Hall–Kier alpha value is -3.63. The molecule has 0 N–H and O–H groups in total. The number of furan rings is 1. The Morgan fingerprint density at radius 1 is 0.833 bits per heavy atom. The third kappa shape index (κ3) is 3.02. The molecule has 5 heteroatoms. The summed E-state index contributed by atoms with van der Waals surface area (Å²) in [5.41, 5.74) is 1.61. The molecule has 0 saturated heterocycles. The molecule has 0 amide bonds. The van der Waals surface area contributed by atoms with Gasteiger partial charge in [0.05, 0.1) is 16.0 Å². The average Bonchev–Trinajstić information content (AvgIpc) is 3.14. The van der Waals surface area contributed by atoms with E-state index in [4.69, 9.17) is 20.4 Å². The van der Waals surface area contributed by atoms with E-state index in [1.54, 1.807) is 42.5 Å². The van der Waals surface area contributed by atoms with Crippen molar-refractivity contribution in [2.45, 2.75) is 6.42 Å². The summed E-state index contributed by atoms with van der Waals surface area (Å²) in [6, 6.07) is 23.5. The molecule has 0 atom stereocenters. The lowest BCUT2D eigenvalue weighted by atomic mass is 9.97. The van der Waals surface area contributed by atoms with Gasteiger partial charge in [-0.3, -0.25) is 4.79 Å². The lowest BCUT2D eigenvalue weighted by Gasteiger charge is -2.05. The fraction of sp³-hybridized carbons (Fsp3) is 0.0400. The minimum atomic E-state index is -0.609. The number of hydrogen-bond donors (Lipinski definition) is 0. The molecular formula is C25H15ClO4. The fourth-order valence-electron chi connectivity index (χ4n) is 3.68. The van der Waals surface area contributed by atoms with Crippen LogP contribution in [0.25, 0.3) is 21.9 Å². The van der Waals surface area contributed by atoms with E-state index in [0.717, 1.165) is 5.56 Å². The highest BCUT2D eigenvalue weighted by atomic mass is 35.5. The van der Waals surface area contributed by atoms with Crippen LogP contribution in [0.2, 0.25) is 5.02 Å². The lowest BCUT2D eigenvalue weighted by Crippen LogP contribution is -2.09. The first-order chi connectivity index (χ1) is 14.6. The van der Waals surface area contributed by atoms with Gasteiger partial charge in [0.2, 0.25) is 0 Å². The van der Waals surface area contributed by atoms with Gasteiger partial charge in [0.25, 0.3) is 0 Å². The first-order valence-electron chi connectivity index (χ1n) is 9.44. The lowest BCUT2D eigenvalue weighted by molar-refractivity contribution is 0.103. The highest BCUT2D eigenvalue weighted by Crippen LogP contribution is 2.33. The van der Waals surface area contributed by atoms with E-state index in [-0.39, 0.29) is 16.7 Å². The van der Waals surface area contributed by atoms with E-state index in [9.17, 15) is 9.59 Å². The molecule has 0 radical (unpaired) electrons. The quantitative estimate of drug-likeness (QED) is 0.267. The van der Waals surface area contributed by atoms with Crippen LogP contribution in [0, 0.1) is 0 Å². The number of benzene rings is 3. The predicted molar refractivity (Wildman–Crippen MR) is 116 cm³/mol. The van der Waals surface area contributed by atoms with Gasteiger partial charge >= 0.3 is 5.63 Å². The van der Waals surface area contributed by atoms with Crippen molar-refractivity contribution >= 4 is 39.3 Å². The van der Waals surface area contributed by atoms with E-state index >= 15 is 0 Å². The standard InChI is InChI=1S/C25H15ClO4/c26-18-12-6-4-10-16(18)23(27)21-20(14-15-8-2-1-3-9-15)29-24-17-11-5-7-13-19(17)30-25(28)22(21)24/h1-13H,14H2. The summed E-state index contributed by atoms with van der Waals surface area (Å²) < 4.78 is 11.7. The summed E-state index contributed by atoms with van der Waals surface area (Å²) in [4.78, 5) is 26.4. The molecule has 2 aromatic heterocycles. The number of halogens is 1. The van der Waals surface area contributed by atoms with Gasteiger partial charge in [-0.2, -0.15) is 0 Å². The molecule has 30 heavy (non-hydrogen) atoms. The van der Waals surface area contributed by atoms with Crippen molar-refractivity contribution in [1.29, 1.82) is 0 Å². The number of carbonyl (C=O) groups excluding carboxylic acids is 1. The second-order valence-corrected chi connectivity index (χ2v) is 7.37. The molecule has 5 aromatic rings. The zero-order valence-corrected chi connectivity index (χ0v) is 16.5. The normalized spacial score (nSPS) is 11.2. The Kier molecular flexibility index (Phi) is 4.49. The van der Waals surface area contributed by atoms with Gasteiger partial charge in [-0.15, -0.1) is 0 Å². The van der Waals surface area contributed by atoms with Crippen LogP contribution >= 0.6 is 11.6 Å². The van der Waals surface area contributed by atoms with Crippen LogP contribution in [-0.4, -0.2) is 5.78 Å². The summed E-state index contributed by atoms with van der Waals surface area (Å²) in [5.74, 6) is 0.0395. The second kappa shape index (κ2) is 7.32. The number of carbonyl (C=O) groups is 1. The van der Waals surface area contributed by atoms with E-state index in [1.165, 1.54) is 0 Å². The van der Waals surface area contributed by atoms with Crippen LogP contribution in [-0.2, 0) is 6.42 Å². The third-order valence-electron chi connectivity index (χ3n) is 5.07. The molecule has 3 aromatic carbocycles. The summed E-state index contributed by atoms with van der Waals surface area (Å²) in [7, 11) is 0. The maximum Gasteiger partial charge on any atom is 0.348 e. The van der Waals surface area contributed by atoms with Crippen molar-refractivity contribution in [3.8, 4) is 0 Å². The summed E-state index contributed by atoms with van der Waals surface area (Å²) in [6.07, 6.45) is 0.356. The number of ketones is 1. The summed E-state index contributed by atoms with van der Waals surface area (Å²) >= 11 is 6.28.